The van der Waals surface area contributed by atoms with Crippen LogP contribution in [0.1, 0.15) is 5.01 Å². The summed E-state index contributed by atoms with van der Waals surface area (Å²) in [5.41, 5.74) is 2.90. The van der Waals surface area contributed by atoms with Crippen LogP contribution >= 0.6 is 27.3 Å². The number of aromatic amines is 1. The minimum absolute atomic E-state index is 0.350. The number of nitrogens with one attached hydrogen (secondary N) is 2. The van der Waals surface area contributed by atoms with Crippen molar-refractivity contribution in [1.29, 1.82) is 5.26 Å². The molecule has 9 heteroatoms. The molecule has 31 heavy (non-hydrogen) atoms. The van der Waals surface area contributed by atoms with E-state index in [1.54, 1.807) is 29.9 Å². The summed E-state index contributed by atoms with van der Waals surface area (Å²) in [6, 6.07) is 15.1. The highest BCUT2D eigenvalue weighted by atomic mass is 79.9. The Bertz CT molecular complexity index is 1570. The van der Waals surface area contributed by atoms with Gasteiger partial charge >= 0.3 is 5.63 Å². The highest BCUT2D eigenvalue weighted by molar-refractivity contribution is 9.10. The van der Waals surface area contributed by atoms with Crippen LogP contribution in [0.15, 0.2) is 73.9 Å². The van der Waals surface area contributed by atoms with Gasteiger partial charge in [0.2, 0.25) is 0 Å². The molecule has 0 saturated carbocycles. The summed E-state index contributed by atoms with van der Waals surface area (Å²) in [5, 5.41) is 23.7. The highest BCUT2D eigenvalue weighted by Crippen LogP contribution is 2.27. The molecule has 0 spiro atoms. The smallest absolute Gasteiger partial charge is 0.345 e. The van der Waals surface area contributed by atoms with Gasteiger partial charge in [0.25, 0.3) is 0 Å². The minimum Gasteiger partial charge on any atom is -0.422 e. The molecule has 5 aromatic rings. The normalized spacial score (nSPS) is 11.7. The van der Waals surface area contributed by atoms with Crippen molar-refractivity contribution in [3.8, 4) is 17.3 Å². The summed E-state index contributed by atoms with van der Waals surface area (Å²) in [7, 11) is 0. The van der Waals surface area contributed by atoms with Gasteiger partial charge in [-0.15, -0.1) is 11.3 Å². The lowest BCUT2D eigenvalue weighted by Gasteiger charge is -2.02. The topological polar surface area (TPSA) is 108 Å². The van der Waals surface area contributed by atoms with E-state index in [0.29, 0.717) is 27.4 Å². The van der Waals surface area contributed by atoms with Crippen LogP contribution in [0.5, 0.6) is 0 Å². The van der Waals surface area contributed by atoms with E-state index >= 15 is 0 Å². The number of fused-ring (bicyclic) bond motifs is 2. The Morgan fingerprint density at radius 2 is 2.13 bits per heavy atom. The average molecular weight is 490 g/mol. The summed E-state index contributed by atoms with van der Waals surface area (Å²) >= 11 is 4.71. The lowest BCUT2D eigenvalue weighted by molar-refractivity contribution is 0.563. The number of hydrogen-bond acceptors (Lipinski definition) is 7. The molecule has 0 radical (unpaired) electrons. The Hall–Kier alpha value is -3.74. The van der Waals surface area contributed by atoms with E-state index in [9.17, 15) is 10.1 Å². The van der Waals surface area contributed by atoms with E-state index in [-0.39, 0.29) is 0 Å². The van der Waals surface area contributed by atoms with Gasteiger partial charge in [0.15, 0.2) is 0 Å². The third-order valence-electron chi connectivity index (χ3n) is 4.65. The van der Waals surface area contributed by atoms with Gasteiger partial charge in [-0.3, -0.25) is 5.10 Å². The molecule has 2 N–H and O–H groups in total. The summed E-state index contributed by atoms with van der Waals surface area (Å²) in [5.74, 6) is 0. The van der Waals surface area contributed by atoms with Crippen molar-refractivity contribution in [2.75, 3.05) is 5.32 Å². The standard InChI is InChI=1S/C22H12BrN5O2S/c23-15-2-4-20-13(5-15)6-17(22(29)30-20)19-11-31-21(27-19)14(8-24)9-25-16-3-1-12-10-26-28-18(12)7-16/h1-7,9-11,25H,(H,26,28)/b14-9+. The monoisotopic (exact) mass is 489 g/mol. The van der Waals surface area contributed by atoms with Crippen LogP contribution in [0.3, 0.4) is 0 Å². The van der Waals surface area contributed by atoms with Crippen molar-refractivity contribution in [3.05, 3.63) is 80.1 Å². The fraction of sp³-hybridized carbons (Fsp3) is 0. The van der Waals surface area contributed by atoms with Gasteiger partial charge in [0.05, 0.1) is 23.0 Å². The molecule has 2 aromatic carbocycles. The van der Waals surface area contributed by atoms with E-state index in [1.807, 2.05) is 30.3 Å². The van der Waals surface area contributed by atoms with Gasteiger partial charge in [-0.05, 0) is 42.5 Å². The molecule has 3 aromatic heterocycles. The van der Waals surface area contributed by atoms with E-state index in [0.717, 1.165) is 26.4 Å². The highest BCUT2D eigenvalue weighted by Gasteiger charge is 2.14. The SMILES string of the molecule is N#C/C(=C\Nc1ccc2cn[nH]c2c1)c1nc(-c2cc3cc(Br)ccc3oc2=O)cs1. The molecule has 3 heterocycles. The van der Waals surface area contributed by atoms with Crippen molar-refractivity contribution < 1.29 is 4.42 Å². The fourth-order valence-corrected chi connectivity index (χ4v) is 4.28. The Morgan fingerprint density at radius 1 is 1.23 bits per heavy atom. The number of rotatable bonds is 4. The van der Waals surface area contributed by atoms with E-state index < -0.39 is 5.63 Å². The lowest BCUT2D eigenvalue weighted by Crippen LogP contribution is -2.03. The Kier molecular flexibility index (Phi) is 4.86. The maximum Gasteiger partial charge on any atom is 0.345 e. The van der Waals surface area contributed by atoms with Gasteiger partial charge in [0, 0.05) is 32.5 Å². The zero-order valence-electron chi connectivity index (χ0n) is 15.7. The van der Waals surface area contributed by atoms with Crippen molar-refractivity contribution in [1.82, 2.24) is 15.2 Å². The fourth-order valence-electron chi connectivity index (χ4n) is 3.12. The van der Waals surface area contributed by atoms with Crippen LogP contribution in [0.4, 0.5) is 5.69 Å². The number of nitriles is 1. The van der Waals surface area contributed by atoms with Crippen LogP contribution in [0, 0.1) is 11.3 Å². The molecule has 0 fully saturated rings. The molecule has 0 bridgehead atoms. The Labute approximate surface area is 187 Å². The van der Waals surface area contributed by atoms with Gasteiger partial charge in [-0.1, -0.05) is 15.9 Å². The van der Waals surface area contributed by atoms with E-state index in [2.05, 4.69) is 42.5 Å². The number of benzene rings is 2. The number of allylic oxidation sites excluding steroid dienone is 1. The Morgan fingerprint density at radius 3 is 3.00 bits per heavy atom. The first-order valence-electron chi connectivity index (χ1n) is 9.10. The zero-order chi connectivity index (χ0) is 21.4. The summed E-state index contributed by atoms with van der Waals surface area (Å²) < 4.78 is 6.30. The molecule has 0 unspecified atom stereocenters. The zero-order valence-corrected chi connectivity index (χ0v) is 18.1. The average Bonchev–Trinajstić information content (AvgIpc) is 3.43. The van der Waals surface area contributed by atoms with Gasteiger partial charge < -0.3 is 9.73 Å². The van der Waals surface area contributed by atoms with Gasteiger partial charge in [-0.25, -0.2) is 9.78 Å². The first-order chi connectivity index (χ1) is 15.1. The Balaban J connectivity index is 1.46. The molecule has 0 aliphatic rings. The van der Waals surface area contributed by atoms with Gasteiger partial charge in [0.1, 0.15) is 22.2 Å². The van der Waals surface area contributed by atoms with E-state index in [1.165, 1.54) is 11.3 Å². The molecule has 5 rings (SSSR count). The van der Waals surface area contributed by atoms with Crippen LogP contribution < -0.4 is 10.9 Å². The van der Waals surface area contributed by atoms with Crippen LogP contribution in [0.25, 0.3) is 38.7 Å². The molecule has 0 amide bonds. The molecular formula is C22H12BrN5O2S. The third-order valence-corrected chi connectivity index (χ3v) is 6.02. The van der Waals surface area contributed by atoms with Crippen LogP contribution in [0.2, 0.25) is 0 Å². The second-order valence-corrected chi connectivity index (χ2v) is 8.43. The number of aromatic nitrogens is 3. The maximum atomic E-state index is 12.4. The third kappa shape index (κ3) is 3.74. The quantitative estimate of drug-likeness (QED) is 0.253. The van der Waals surface area contributed by atoms with Crippen molar-refractivity contribution >= 4 is 60.4 Å². The number of anilines is 1. The summed E-state index contributed by atoms with van der Waals surface area (Å²) in [4.78, 5) is 16.9. The molecule has 0 saturated heterocycles. The largest absolute Gasteiger partial charge is 0.422 e. The van der Waals surface area contributed by atoms with E-state index in [4.69, 9.17) is 4.42 Å². The van der Waals surface area contributed by atoms with Crippen molar-refractivity contribution in [3.63, 3.8) is 0 Å². The molecule has 150 valence electrons. The number of thiazole rings is 1. The predicted octanol–water partition coefficient (Wildman–Crippen LogP) is 5.53. The molecule has 0 aliphatic heterocycles. The summed E-state index contributed by atoms with van der Waals surface area (Å²) in [6.07, 6.45) is 3.34. The minimum atomic E-state index is -0.472. The molecule has 7 nitrogen and oxygen atoms in total. The molecule has 0 atom stereocenters. The first kappa shape index (κ1) is 19.2. The van der Waals surface area contributed by atoms with Crippen molar-refractivity contribution in [2.45, 2.75) is 0 Å². The first-order valence-corrected chi connectivity index (χ1v) is 10.8. The molecule has 0 aliphatic carbocycles. The van der Waals surface area contributed by atoms with Crippen LogP contribution in [-0.2, 0) is 0 Å². The number of halogens is 1. The number of H-pyrrole nitrogens is 1. The second kappa shape index (κ2) is 7.83. The second-order valence-electron chi connectivity index (χ2n) is 6.65. The molecular weight excluding hydrogens is 478 g/mol. The summed E-state index contributed by atoms with van der Waals surface area (Å²) in [6.45, 7) is 0. The number of nitrogens with zero attached hydrogens (tertiary/aromatic N) is 3. The van der Waals surface area contributed by atoms with Crippen LogP contribution in [-0.4, -0.2) is 15.2 Å². The maximum absolute atomic E-state index is 12.4. The van der Waals surface area contributed by atoms with Crippen molar-refractivity contribution in [2.24, 2.45) is 0 Å². The lowest BCUT2D eigenvalue weighted by atomic mass is 10.1. The van der Waals surface area contributed by atoms with Gasteiger partial charge in [-0.2, -0.15) is 10.4 Å². The predicted molar refractivity (Wildman–Crippen MR) is 125 cm³/mol. The number of hydrogen-bond donors (Lipinski definition) is 2.